The van der Waals surface area contributed by atoms with Crippen molar-refractivity contribution in [3.63, 3.8) is 0 Å². The number of fused-ring (bicyclic) bond motifs is 2. The van der Waals surface area contributed by atoms with Gasteiger partial charge in [0.15, 0.2) is 0 Å². The molecule has 1 aromatic rings. The highest BCUT2D eigenvalue weighted by Crippen LogP contribution is 2.47. The van der Waals surface area contributed by atoms with Crippen molar-refractivity contribution < 1.29 is 8.42 Å². The minimum absolute atomic E-state index is 0.0502. The van der Waals surface area contributed by atoms with Crippen molar-refractivity contribution in [2.24, 2.45) is 0 Å². The Morgan fingerprint density at radius 3 is 2.61 bits per heavy atom. The van der Waals surface area contributed by atoms with Crippen molar-refractivity contribution in [2.45, 2.75) is 31.1 Å². The van der Waals surface area contributed by atoms with E-state index in [-0.39, 0.29) is 5.41 Å². The first kappa shape index (κ1) is 16.3. The maximum atomic E-state index is 12.1. The molecule has 2 heterocycles. The third-order valence-electron chi connectivity index (χ3n) is 5.17. The largest absolute Gasteiger partial charge is 0.303 e. The molecule has 124 valence electrons. The number of rotatable bonds is 4. The molecule has 23 heavy (non-hydrogen) atoms. The maximum absolute atomic E-state index is 12.1. The summed E-state index contributed by atoms with van der Waals surface area (Å²) in [7, 11) is -3.24. The third kappa shape index (κ3) is 3.08. The molecule has 0 aliphatic carbocycles. The van der Waals surface area contributed by atoms with Gasteiger partial charge in [-0.3, -0.25) is 4.31 Å². The Labute approximate surface area is 138 Å². The van der Waals surface area contributed by atoms with Gasteiger partial charge in [-0.25, -0.2) is 8.42 Å². The number of anilines is 1. The molecule has 6 heteroatoms. The average Bonchev–Trinajstić information content (AvgIpc) is 2.85. The monoisotopic (exact) mass is 333 g/mol. The summed E-state index contributed by atoms with van der Waals surface area (Å²) in [6, 6.07) is 10.1. The van der Waals surface area contributed by atoms with E-state index in [2.05, 4.69) is 17.0 Å². The second kappa shape index (κ2) is 6.14. The Hall–Kier alpha value is -1.58. The SMILES string of the molecule is CS(=O)(=O)N1CC2(CCN(CCCC#N)CC2)c2ccccc21. The number of hydrogen-bond acceptors (Lipinski definition) is 4. The first-order valence-corrected chi connectivity index (χ1v) is 9.98. The Morgan fingerprint density at radius 2 is 1.96 bits per heavy atom. The van der Waals surface area contributed by atoms with Crippen LogP contribution in [0, 0.1) is 11.3 Å². The number of nitriles is 1. The van der Waals surface area contributed by atoms with E-state index in [0.717, 1.165) is 44.6 Å². The minimum atomic E-state index is -3.24. The van der Waals surface area contributed by atoms with E-state index in [1.165, 1.54) is 11.8 Å². The highest BCUT2D eigenvalue weighted by Gasteiger charge is 2.46. The molecular formula is C17H23N3O2S. The summed E-state index contributed by atoms with van der Waals surface area (Å²) in [5, 5.41) is 8.65. The zero-order chi connectivity index (χ0) is 16.5. The Balaban J connectivity index is 1.78. The van der Waals surface area contributed by atoms with Gasteiger partial charge in [0.25, 0.3) is 0 Å². The van der Waals surface area contributed by atoms with Crippen LogP contribution in [-0.2, 0) is 15.4 Å². The highest BCUT2D eigenvalue weighted by atomic mass is 32.2. The van der Waals surface area contributed by atoms with Crippen molar-refractivity contribution in [1.29, 1.82) is 5.26 Å². The second-order valence-electron chi connectivity index (χ2n) is 6.67. The van der Waals surface area contributed by atoms with E-state index in [9.17, 15) is 8.42 Å². The predicted octanol–water partition coefficient (Wildman–Crippen LogP) is 2.10. The molecule has 0 bridgehead atoms. The van der Waals surface area contributed by atoms with Gasteiger partial charge in [0.2, 0.25) is 10.0 Å². The number of hydrogen-bond donors (Lipinski definition) is 0. The topological polar surface area (TPSA) is 64.4 Å². The normalized spacial score (nSPS) is 20.4. The quantitative estimate of drug-likeness (QED) is 0.792. The maximum Gasteiger partial charge on any atom is 0.232 e. The molecule has 0 radical (unpaired) electrons. The van der Waals surface area contributed by atoms with Crippen molar-refractivity contribution in [3.8, 4) is 6.07 Å². The molecule has 2 aliphatic rings. The number of sulfonamides is 1. The van der Waals surface area contributed by atoms with Gasteiger partial charge in [-0.05, 0) is 50.5 Å². The summed E-state index contributed by atoms with van der Waals surface area (Å²) in [6.45, 7) is 3.47. The molecular weight excluding hydrogens is 310 g/mol. The van der Waals surface area contributed by atoms with E-state index in [4.69, 9.17) is 5.26 Å². The van der Waals surface area contributed by atoms with Crippen LogP contribution < -0.4 is 4.31 Å². The highest BCUT2D eigenvalue weighted by molar-refractivity contribution is 7.92. The van der Waals surface area contributed by atoms with Crippen LogP contribution in [0.15, 0.2) is 24.3 Å². The lowest BCUT2D eigenvalue weighted by molar-refractivity contribution is 0.166. The average molecular weight is 333 g/mol. The third-order valence-corrected chi connectivity index (χ3v) is 6.29. The van der Waals surface area contributed by atoms with Crippen LogP contribution in [0.25, 0.3) is 0 Å². The van der Waals surface area contributed by atoms with Crippen LogP contribution in [0.1, 0.15) is 31.2 Å². The van der Waals surface area contributed by atoms with E-state index < -0.39 is 10.0 Å². The van der Waals surface area contributed by atoms with E-state index in [0.29, 0.717) is 13.0 Å². The van der Waals surface area contributed by atoms with Gasteiger partial charge in [-0.1, -0.05) is 18.2 Å². The van der Waals surface area contributed by atoms with Gasteiger partial charge in [0, 0.05) is 18.4 Å². The van der Waals surface area contributed by atoms with Crippen LogP contribution in [0.2, 0.25) is 0 Å². The minimum Gasteiger partial charge on any atom is -0.303 e. The van der Waals surface area contributed by atoms with Crippen LogP contribution >= 0.6 is 0 Å². The van der Waals surface area contributed by atoms with E-state index in [1.54, 1.807) is 4.31 Å². The number of para-hydroxylation sites is 1. The summed E-state index contributed by atoms with van der Waals surface area (Å²) in [4.78, 5) is 2.40. The first-order valence-electron chi connectivity index (χ1n) is 8.13. The second-order valence-corrected chi connectivity index (χ2v) is 8.58. The first-order chi connectivity index (χ1) is 11.0. The Kier molecular flexibility index (Phi) is 4.35. The summed E-state index contributed by atoms with van der Waals surface area (Å²) < 4.78 is 25.9. The number of nitrogens with zero attached hydrogens (tertiary/aromatic N) is 3. The number of unbranched alkanes of at least 4 members (excludes halogenated alkanes) is 1. The fourth-order valence-electron chi connectivity index (χ4n) is 3.89. The van der Waals surface area contributed by atoms with Crippen molar-refractivity contribution in [2.75, 3.05) is 36.7 Å². The molecule has 1 saturated heterocycles. The predicted molar refractivity (Wildman–Crippen MR) is 90.8 cm³/mol. The molecule has 1 fully saturated rings. The molecule has 3 rings (SSSR count). The molecule has 0 atom stereocenters. The lowest BCUT2D eigenvalue weighted by Gasteiger charge is -2.39. The molecule has 0 unspecified atom stereocenters. The van der Waals surface area contributed by atoms with E-state index >= 15 is 0 Å². The van der Waals surface area contributed by atoms with Gasteiger partial charge in [0.1, 0.15) is 0 Å². The molecule has 0 amide bonds. The van der Waals surface area contributed by atoms with Crippen LogP contribution in [0.3, 0.4) is 0 Å². The Morgan fingerprint density at radius 1 is 1.26 bits per heavy atom. The van der Waals surface area contributed by atoms with Gasteiger partial charge in [-0.2, -0.15) is 5.26 Å². The van der Waals surface area contributed by atoms with E-state index in [1.807, 2.05) is 18.2 Å². The summed E-state index contributed by atoms with van der Waals surface area (Å²) in [6.07, 6.45) is 4.76. The van der Waals surface area contributed by atoms with Crippen molar-refractivity contribution >= 4 is 15.7 Å². The number of likely N-dealkylation sites (tertiary alicyclic amines) is 1. The molecule has 1 aromatic carbocycles. The summed E-state index contributed by atoms with van der Waals surface area (Å²) in [5.74, 6) is 0. The van der Waals surface area contributed by atoms with Crippen LogP contribution in [0.5, 0.6) is 0 Å². The molecule has 0 N–H and O–H groups in total. The van der Waals surface area contributed by atoms with Crippen molar-refractivity contribution in [1.82, 2.24) is 4.90 Å². The lowest BCUT2D eigenvalue weighted by atomic mass is 9.74. The summed E-state index contributed by atoms with van der Waals surface area (Å²) >= 11 is 0. The van der Waals surface area contributed by atoms with Crippen LogP contribution in [-0.4, -0.2) is 45.8 Å². The van der Waals surface area contributed by atoms with Gasteiger partial charge >= 0.3 is 0 Å². The molecule has 1 spiro atoms. The molecule has 5 nitrogen and oxygen atoms in total. The van der Waals surface area contributed by atoms with Crippen LogP contribution in [0.4, 0.5) is 5.69 Å². The smallest absolute Gasteiger partial charge is 0.232 e. The zero-order valence-electron chi connectivity index (χ0n) is 13.5. The van der Waals surface area contributed by atoms with Gasteiger partial charge < -0.3 is 4.90 Å². The zero-order valence-corrected chi connectivity index (χ0v) is 14.3. The standard InChI is InChI=1S/C17H23N3O2S/c1-23(21,22)20-14-17(15-6-2-3-7-16(15)20)8-12-19(13-9-17)11-5-4-10-18/h2-3,6-7H,4-5,8-9,11-14H2,1H3. The molecule has 0 aromatic heterocycles. The van der Waals surface area contributed by atoms with Gasteiger partial charge in [-0.15, -0.1) is 0 Å². The molecule has 2 aliphatic heterocycles. The molecule has 0 saturated carbocycles. The fourth-order valence-corrected chi connectivity index (χ4v) is 4.89. The Bertz CT molecular complexity index is 716. The number of piperidine rings is 1. The van der Waals surface area contributed by atoms with Gasteiger partial charge in [0.05, 0.1) is 18.0 Å². The number of benzene rings is 1. The summed E-state index contributed by atoms with van der Waals surface area (Å²) in [5.41, 5.74) is 1.99. The van der Waals surface area contributed by atoms with Crippen molar-refractivity contribution in [3.05, 3.63) is 29.8 Å². The lowest BCUT2D eigenvalue weighted by Crippen LogP contribution is -2.46. The fraction of sp³-hybridized carbons (Fsp3) is 0.588.